The lowest BCUT2D eigenvalue weighted by Gasteiger charge is -2.28. The second kappa shape index (κ2) is 11.7. The Morgan fingerprint density at radius 1 is 0.368 bits per heavy atom. The topological polar surface area (TPSA) is 6.48 Å². The van der Waals surface area contributed by atoms with Crippen LogP contribution >= 0.6 is 22.0 Å². The average Bonchev–Trinajstić information content (AvgIpc) is 2.99. The van der Waals surface area contributed by atoms with Gasteiger partial charge in [0.1, 0.15) is 0 Å². The lowest BCUT2D eigenvalue weighted by molar-refractivity contribution is 1.07. The van der Waals surface area contributed by atoms with E-state index in [4.69, 9.17) is 0 Å². The monoisotopic (exact) mass is 528 g/mol. The summed E-state index contributed by atoms with van der Waals surface area (Å²) in [5.74, 6) is 0. The minimum Gasteiger partial charge on any atom is -0.301 e. The van der Waals surface area contributed by atoms with Gasteiger partial charge in [0, 0.05) is 33.3 Å². The van der Waals surface area contributed by atoms with Crippen molar-refractivity contribution in [1.29, 1.82) is 0 Å². The number of rotatable bonds is 9. The third kappa shape index (κ3) is 5.52. The van der Waals surface area contributed by atoms with E-state index in [2.05, 4.69) is 154 Å². The van der Waals surface area contributed by atoms with Crippen LogP contribution in [0.1, 0.15) is 11.1 Å². The maximum absolute atomic E-state index is 2.39. The summed E-state index contributed by atoms with van der Waals surface area (Å²) in [5.41, 5.74) is 5.02. The third-order valence-electron chi connectivity index (χ3n) is 6.69. The number of para-hydroxylation sites is 2. The van der Waals surface area contributed by atoms with Gasteiger partial charge in [0.05, 0.1) is 13.1 Å². The highest BCUT2D eigenvalue weighted by Gasteiger charge is 2.16. The maximum atomic E-state index is 2.39. The molecule has 0 aromatic heterocycles. The van der Waals surface area contributed by atoms with Crippen LogP contribution in [0.5, 0.6) is 0 Å². The van der Waals surface area contributed by atoms with Crippen LogP contribution in [0, 0.1) is 0 Å². The number of hydrogen-bond acceptors (Lipinski definition) is 4. The first-order valence-corrected chi connectivity index (χ1v) is 14.8. The summed E-state index contributed by atoms with van der Waals surface area (Å²) in [6.45, 7) is 1.61. The van der Waals surface area contributed by atoms with E-state index in [1.165, 1.54) is 44.0 Å². The molecule has 4 heteroatoms. The highest BCUT2D eigenvalue weighted by atomic mass is 33.1. The Labute approximate surface area is 232 Å². The van der Waals surface area contributed by atoms with Gasteiger partial charge in [0.15, 0.2) is 0 Å². The van der Waals surface area contributed by atoms with Crippen LogP contribution in [-0.4, -0.2) is 0 Å². The zero-order valence-electron chi connectivity index (χ0n) is 21.0. The average molecular weight is 529 g/mol. The van der Waals surface area contributed by atoms with Gasteiger partial charge in [-0.2, -0.15) is 0 Å². The van der Waals surface area contributed by atoms with Gasteiger partial charge in [-0.15, -0.1) is 0 Å². The highest BCUT2D eigenvalue weighted by molar-refractivity contribution is 8.77. The van der Waals surface area contributed by atoms with Crippen molar-refractivity contribution in [1.82, 2.24) is 0 Å². The molecule has 0 atom stereocenters. The van der Waals surface area contributed by atoms with Crippen LogP contribution in [-0.2, 0) is 13.1 Å². The molecule has 0 fully saturated rings. The third-order valence-corrected chi connectivity index (χ3v) is 9.08. The number of hydrogen-bond donors (Lipinski definition) is 0. The molecule has 0 aliphatic rings. The molecule has 2 nitrogen and oxygen atoms in total. The van der Waals surface area contributed by atoms with Crippen LogP contribution in [0.4, 0.5) is 11.4 Å². The zero-order valence-corrected chi connectivity index (χ0v) is 22.6. The second-order valence-electron chi connectivity index (χ2n) is 9.17. The first-order chi connectivity index (χ1) is 18.8. The number of fused-ring (bicyclic) bond motifs is 2. The van der Waals surface area contributed by atoms with Gasteiger partial charge < -0.3 is 8.61 Å². The Kier molecular flexibility index (Phi) is 7.52. The number of anilines is 2. The number of benzene rings is 6. The van der Waals surface area contributed by atoms with E-state index in [9.17, 15) is 0 Å². The van der Waals surface area contributed by atoms with Gasteiger partial charge in [0.25, 0.3) is 0 Å². The van der Waals surface area contributed by atoms with E-state index in [0.717, 1.165) is 13.1 Å². The standard InChI is InChI=1S/C34H28N2S2/c1-3-19-31(20-4-1)35(25-29-17-11-15-27-13-7-9-23-33(27)29)37-38-36(32-21-5-2-6-22-32)26-30-18-12-16-28-14-8-10-24-34(28)30/h1-24H,25-26H2. The molecule has 0 heterocycles. The molecule has 0 N–H and O–H groups in total. The molecule has 0 saturated heterocycles. The Balaban J connectivity index is 1.31. The molecule has 6 aromatic carbocycles. The molecule has 6 aromatic rings. The van der Waals surface area contributed by atoms with Gasteiger partial charge in [-0.3, -0.25) is 0 Å². The molecule has 38 heavy (non-hydrogen) atoms. The van der Waals surface area contributed by atoms with Gasteiger partial charge in [-0.05, 0) is 56.9 Å². The fraction of sp³-hybridized carbons (Fsp3) is 0.0588. The molecule has 0 unspecified atom stereocenters. The SMILES string of the molecule is c1ccc(N(Cc2cccc3ccccc23)SSN(Cc2cccc3ccccc23)c2ccccc2)cc1. The molecule has 0 aliphatic carbocycles. The smallest absolute Gasteiger partial charge is 0.0560 e. The second-order valence-corrected chi connectivity index (χ2v) is 11.2. The van der Waals surface area contributed by atoms with Crippen molar-refractivity contribution < 1.29 is 0 Å². The molecule has 0 amide bonds. The van der Waals surface area contributed by atoms with E-state index in [0.29, 0.717) is 0 Å². The van der Waals surface area contributed by atoms with Gasteiger partial charge >= 0.3 is 0 Å². The summed E-state index contributed by atoms with van der Waals surface area (Å²) in [5, 5.41) is 5.16. The Bertz CT molecular complexity index is 1500. The van der Waals surface area contributed by atoms with Crippen molar-refractivity contribution in [3.05, 3.63) is 157 Å². The fourth-order valence-corrected chi connectivity index (χ4v) is 7.04. The van der Waals surface area contributed by atoms with Crippen LogP contribution in [0.25, 0.3) is 21.5 Å². The van der Waals surface area contributed by atoms with Crippen molar-refractivity contribution in [3.63, 3.8) is 0 Å². The Morgan fingerprint density at radius 2 is 0.737 bits per heavy atom. The lowest BCUT2D eigenvalue weighted by Crippen LogP contribution is -2.17. The molecule has 0 radical (unpaired) electrons. The predicted molar refractivity (Wildman–Crippen MR) is 168 cm³/mol. The predicted octanol–water partition coefficient (Wildman–Crippen LogP) is 9.92. The molecule has 186 valence electrons. The maximum Gasteiger partial charge on any atom is 0.0560 e. The van der Waals surface area contributed by atoms with Crippen LogP contribution < -0.4 is 8.61 Å². The van der Waals surface area contributed by atoms with Crippen LogP contribution in [0.2, 0.25) is 0 Å². The highest BCUT2D eigenvalue weighted by Crippen LogP contribution is 2.40. The minimum atomic E-state index is 0.805. The van der Waals surface area contributed by atoms with Crippen molar-refractivity contribution >= 4 is 54.9 Å². The van der Waals surface area contributed by atoms with E-state index in [1.54, 1.807) is 22.0 Å². The van der Waals surface area contributed by atoms with Crippen molar-refractivity contribution in [2.45, 2.75) is 13.1 Å². The van der Waals surface area contributed by atoms with Crippen LogP contribution in [0.3, 0.4) is 0 Å². The lowest BCUT2D eigenvalue weighted by atomic mass is 10.0. The number of nitrogens with zero attached hydrogens (tertiary/aromatic N) is 2. The van der Waals surface area contributed by atoms with Gasteiger partial charge in [-0.1, -0.05) is 121 Å². The molecule has 0 bridgehead atoms. The van der Waals surface area contributed by atoms with Crippen molar-refractivity contribution in [2.75, 3.05) is 8.61 Å². The first kappa shape index (κ1) is 24.5. The molecule has 0 spiro atoms. The Morgan fingerprint density at radius 3 is 1.18 bits per heavy atom. The quantitative estimate of drug-likeness (QED) is 0.136. The summed E-state index contributed by atoms with van der Waals surface area (Å²) >= 11 is 0. The summed E-state index contributed by atoms with van der Waals surface area (Å²) in [4.78, 5) is 0. The van der Waals surface area contributed by atoms with Gasteiger partial charge in [0.2, 0.25) is 0 Å². The van der Waals surface area contributed by atoms with E-state index < -0.39 is 0 Å². The van der Waals surface area contributed by atoms with Gasteiger partial charge in [-0.25, -0.2) is 0 Å². The minimum absolute atomic E-state index is 0.805. The normalized spacial score (nSPS) is 11.1. The van der Waals surface area contributed by atoms with E-state index in [-0.39, 0.29) is 0 Å². The molecular weight excluding hydrogens is 501 g/mol. The van der Waals surface area contributed by atoms with Crippen molar-refractivity contribution in [2.24, 2.45) is 0 Å². The van der Waals surface area contributed by atoms with Crippen LogP contribution in [0.15, 0.2) is 146 Å². The van der Waals surface area contributed by atoms with E-state index >= 15 is 0 Å². The Hall–Kier alpha value is -3.86. The zero-order chi connectivity index (χ0) is 25.6. The molecular formula is C34H28N2S2. The fourth-order valence-electron chi connectivity index (χ4n) is 4.76. The summed E-state index contributed by atoms with van der Waals surface area (Å²) in [6, 6.07) is 51.9. The van der Waals surface area contributed by atoms with E-state index in [1.807, 2.05) is 0 Å². The summed E-state index contributed by atoms with van der Waals surface area (Å²) < 4.78 is 4.79. The molecule has 6 rings (SSSR count). The largest absolute Gasteiger partial charge is 0.301 e. The van der Waals surface area contributed by atoms with Crippen molar-refractivity contribution in [3.8, 4) is 0 Å². The summed E-state index contributed by atoms with van der Waals surface area (Å²) in [6.07, 6.45) is 0. The molecule has 0 saturated carbocycles. The first-order valence-electron chi connectivity index (χ1n) is 12.8. The summed E-state index contributed by atoms with van der Waals surface area (Å²) in [7, 11) is 3.56. The molecule has 0 aliphatic heterocycles.